The maximum Gasteiger partial charge on any atom is 0.315 e. The lowest BCUT2D eigenvalue weighted by Crippen LogP contribution is -2.55. The van der Waals surface area contributed by atoms with E-state index in [1.165, 1.54) is 17.2 Å². The summed E-state index contributed by atoms with van der Waals surface area (Å²) in [6.45, 7) is 0.732. The van der Waals surface area contributed by atoms with Crippen molar-refractivity contribution in [1.29, 1.82) is 0 Å². The van der Waals surface area contributed by atoms with Gasteiger partial charge in [-0.15, -0.1) is 0 Å². The smallest absolute Gasteiger partial charge is 0.315 e. The number of amides is 2. The van der Waals surface area contributed by atoms with E-state index >= 15 is 0 Å². The van der Waals surface area contributed by atoms with Gasteiger partial charge < -0.3 is 10.6 Å². The second kappa shape index (κ2) is 8.08. The number of piperidine rings is 1. The Labute approximate surface area is 159 Å². The maximum absolute atomic E-state index is 12.4. The Hall–Kier alpha value is -2.42. The van der Waals surface area contributed by atoms with Crippen LogP contribution in [-0.2, 0) is 19.9 Å². The third-order valence-corrected chi connectivity index (χ3v) is 5.97. The number of rotatable bonds is 5. The fraction of sp³-hybridized carbons (Fsp3) is 0.316. The number of urea groups is 1. The molecule has 2 amide bonds. The molecule has 0 atom stereocenters. The van der Waals surface area contributed by atoms with Gasteiger partial charge in [0.05, 0.1) is 10.4 Å². The van der Waals surface area contributed by atoms with Crippen molar-refractivity contribution in [3.63, 3.8) is 0 Å². The Morgan fingerprint density at radius 2 is 1.56 bits per heavy atom. The van der Waals surface area contributed by atoms with Crippen LogP contribution in [0.4, 0.5) is 4.79 Å². The van der Waals surface area contributed by atoms with Gasteiger partial charge in [-0.1, -0.05) is 48.5 Å². The zero-order chi connectivity index (χ0) is 19.3. The summed E-state index contributed by atoms with van der Waals surface area (Å²) in [4.78, 5) is 12.1. The van der Waals surface area contributed by atoms with Crippen LogP contribution in [0.25, 0.3) is 0 Å². The van der Waals surface area contributed by atoms with Gasteiger partial charge in [0.15, 0.2) is 0 Å². The first-order chi connectivity index (χ1) is 13.0. The van der Waals surface area contributed by atoms with Gasteiger partial charge >= 0.3 is 16.1 Å². The van der Waals surface area contributed by atoms with Crippen LogP contribution in [0.5, 0.6) is 0 Å². The van der Waals surface area contributed by atoms with E-state index in [1.807, 2.05) is 30.3 Å². The standard InChI is InChI=1S/C19H23N3O4S/c1-20-18(23)21-19(16-8-4-2-5-9-16)12-14-22(15-13-19)26-27(24,25)17-10-6-3-7-11-17/h2-11H,12-15H2,1H3,(H2,20,21,23). The number of benzene rings is 2. The Balaban J connectivity index is 1.74. The van der Waals surface area contributed by atoms with Crippen molar-refractivity contribution < 1.29 is 17.5 Å². The van der Waals surface area contributed by atoms with E-state index in [9.17, 15) is 13.2 Å². The SMILES string of the molecule is CNC(=O)NC1(c2ccccc2)CCN(OS(=O)(=O)c2ccccc2)CC1. The highest BCUT2D eigenvalue weighted by molar-refractivity contribution is 7.86. The first kappa shape index (κ1) is 19.3. The van der Waals surface area contributed by atoms with Crippen molar-refractivity contribution in [3.8, 4) is 0 Å². The molecule has 1 fully saturated rings. The summed E-state index contributed by atoms with van der Waals surface area (Å²) in [7, 11) is -2.30. The van der Waals surface area contributed by atoms with Gasteiger partial charge in [0.25, 0.3) is 0 Å². The van der Waals surface area contributed by atoms with Crippen molar-refractivity contribution in [2.75, 3.05) is 20.1 Å². The molecular formula is C19H23N3O4S. The van der Waals surface area contributed by atoms with Crippen LogP contribution in [0.1, 0.15) is 18.4 Å². The predicted octanol–water partition coefficient (Wildman–Crippen LogP) is 2.23. The van der Waals surface area contributed by atoms with Gasteiger partial charge in [-0.2, -0.15) is 17.8 Å². The average molecular weight is 389 g/mol. The number of nitrogens with zero attached hydrogens (tertiary/aromatic N) is 1. The first-order valence-corrected chi connectivity index (χ1v) is 10.2. The van der Waals surface area contributed by atoms with Crippen LogP contribution < -0.4 is 10.6 Å². The number of hydrogen-bond donors (Lipinski definition) is 2. The number of nitrogens with one attached hydrogen (secondary N) is 2. The minimum absolute atomic E-state index is 0.119. The monoisotopic (exact) mass is 389 g/mol. The fourth-order valence-electron chi connectivity index (χ4n) is 3.23. The van der Waals surface area contributed by atoms with Crippen LogP contribution in [0.15, 0.2) is 65.6 Å². The lowest BCUT2D eigenvalue weighted by atomic mass is 9.81. The summed E-state index contributed by atoms with van der Waals surface area (Å²) < 4.78 is 30.1. The topological polar surface area (TPSA) is 87.7 Å². The molecule has 0 saturated carbocycles. The molecule has 0 spiro atoms. The summed E-state index contributed by atoms with van der Waals surface area (Å²) in [5.41, 5.74) is 0.414. The number of hydroxylamine groups is 2. The average Bonchev–Trinajstić information content (AvgIpc) is 2.70. The van der Waals surface area contributed by atoms with E-state index in [-0.39, 0.29) is 10.9 Å². The first-order valence-electron chi connectivity index (χ1n) is 8.75. The van der Waals surface area contributed by atoms with Crippen molar-refractivity contribution in [2.24, 2.45) is 0 Å². The second-order valence-electron chi connectivity index (χ2n) is 6.42. The summed E-state index contributed by atoms with van der Waals surface area (Å²) >= 11 is 0. The largest absolute Gasteiger partial charge is 0.341 e. The molecule has 8 heteroatoms. The minimum Gasteiger partial charge on any atom is -0.341 e. The third kappa shape index (κ3) is 4.47. The van der Waals surface area contributed by atoms with Crippen LogP contribution >= 0.6 is 0 Å². The molecule has 2 N–H and O–H groups in total. The molecule has 1 saturated heterocycles. The van der Waals surface area contributed by atoms with Crippen LogP contribution in [-0.4, -0.2) is 39.6 Å². The van der Waals surface area contributed by atoms with Crippen LogP contribution in [0.3, 0.4) is 0 Å². The van der Waals surface area contributed by atoms with Gasteiger partial charge in [0, 0.05) is 20.1 Å². The molecule has 2 aromatic rings. The Morgan fingerprint density at radius 3 is 2.11 bits per heavy atom. The number of carbonyl (C=O) groups excluding carboxylic acids is 1. The van der Waals surface area contributed by atoms with Gasteiger partial charge in [0.1, 0.15) is 0 Å². The lowest BCUT2D eigenvalue weighted by molar-refractivity contribution is -0.0831. The van der Waals surface area contributed by atoms with Crippen molar-refractivity contribution in [3.05, 3.63) is 66.2 Å². The van der Waals surface area contributed by atoms with Gasteiger partial charge in [0.2, 0.25) is 0 Å². The fourth-order valence-corrected chi connectivity index (χ4v) is 4.24. The molecule has 144 valence electrons. The molecule has 1 aliphatic rings. The quantitative estimate of drug-likeness (QED) is 0.819. The normalized spacial score (nSPS) is 17.2. The van der Waals surface area contributed by atoms with E-state index in [0.29, 0.717) is 25.9 Å². The van der Waals surface area contributed by atoms with Crippen LogP contribution in [0, 0.1) is 0 Å². The zero-order valence-electron chi connectivity index (χ0n) is 15.1. The summed E-state index contributed by atoms with van der Waals surface area (Å²) in [6.07, 6.45) is 1.05. The highest BCUT2D eigenvalue weighted by Gasteiger charge is 2.39. The minimum atomic E-state index is -3.86. The molecule has 0 radical (unpaired) electrons. The van der Waals surface area contributed by atoms with E-state index in [0.717, 1.165) is 5.56 Å². The summed E-state index contributed by atoms with van der Waals surface area (Å²) in [5.74, 6) is 0. The van der Waals surface area contributed by atoms with E-state index in [2.05, 4.69) is 10.6 Å². The van der Waals surface area contributed by atoms with Crippen molar-refractivity contribution in [2.45, 2.75) is 23.3 Å². The molecule has 2 aromatic carbocycles. The maximum atomic E-state index is 12.4. The van der Waals surface area contributed by atoms with Gasteiger partial charge in [-0.05, 0) is 30.5 Å². The molecule has 27 heavy (non-hydrogen) atoms. The Morgan fingerprint density at radius 1 is 1.00 bits per heavy atom. The van der Waals surface area contributed by atoms with E-state index < -0.39 is 15.7 Å². The molecule has 0 aromatic heterocycles. The van der Waals surface area contributed by atoms with E-state index in [1.54, 1.807) is 25.2 Å². The molecule has 1 heterocycles. The lowest BCUT2D eigenvalue weighted by Gasteiger charge is -2.41. The van der Waals surface area contributed by atoms with E-state index in [4.69, 9.17) is 4.28 Å². The molecule has 7 nitrogen and oxygen atoms in total. The van der Waals surface area contributed by atoms with Gasteiger partial charge in [-0.25, -0.2) is 4.79 Å². The predicted molar refractivity (Wildman–Crippen MR) is 101 cm³/mol. The molecule has 3 rings (SSSR count). The van der Waals surface area contributed by atoms with Crippen molar-refractivity contribution in [1.82, 2.24) is 15.7 Å². The third-order valence-electron chi connectivity index (χ3n) is 4.72. The second-order valence-corrected chi connectivity index (χ2v) is 7.95. The Kier molecular flexibility index (Phi) is 5.79. The molecule has 0 unspecified atom stereocenters. The highest BCUT2D eigenvalue weighted by atomic mass is 32.2. The molecule has 0 bridgehead atoms. The number of hydrogen-bond acceptors (Lipinski definition) is 5. The molecule has 0 aliphatic carbocycles. The van der Waals surface area contributed by atoms with Gasteiger partial charge in [-0.3, -0.25) is 0 Å². The summed E-state index contributed by atoms with van der Waals surface area (Å²) in [6, 6.07) is 17.5. The molecule has 1 aliphatic heterocycles. The zero-order valence-corrected chi connectivity index (χ0v) is 15.9. The highest BCUT2D eigenvalue weighted by Crippen LogP contribution is 2.33. The Bertz CT molecular complexity index is 864. The van der Waals surface area contributed by atoms with Crippen LogP contribution in [0.2, 0.25) is 0 Å². The summed E-state index contributed by atoms with van der Waals surface area (Å²) in [5, 5.41) is 7.06. The number of carbonyl (C=O) groups is 1. The van der Waals surface area contributed by atoms with Crippen molar-refractivity contribution >= 4 is 16.1 Å². The molecular weight excluding hydrogens is 366 g/mol.